The number of H-pyrrole nitrogens is 1. The first-order valence-electron chi connectivity index (χ1n) is 7.30. The second-order valence-electron chi connectivity index (χ2n) is 5.00. The molecule has 0 bridgehead atoms. The number of ketones is 2. The third-order valence-corrected chi connectivity index (χ3v) is 3.96. The molecule has 0 aliphatic heterocycles. The van der Waals surface area contributed by atoms with E-state index in [1.54, 1.807) is 36.5 Å². The average molecular weight is 319 g/mol. The maximum absolute atomic E-state index is 12.4. The quantitative estimate of drug-likeness (QED) is 0.796. The number of nitrogens with one attached hydrogen (secondary N) is 1. The molecule has 0 fully saturated rings. The van der Waals surface area contributed by atoms with E-state index in [0.717, 1.165) is 13.1 Å². The van der Waals surface area contributed by atoms with E-state index in [1.165, 1.54) is 0 Å². The fourth-order valence-corrected chi connectivity index (χ4v) is 2.44. The molecule has 1 aromatic heterocycles. The lowest BCUT2D eigenvalue weighted by Crippen LogP contribution is -2.29. The van der Waals surface area contributed by atoms with Crippen LogP contribution in [0.4, 0.5) is 0 Å². The molecule has 0 radical (unpaired) electrons. The van der Waals surface area contributed by atoms with Crippen molar-refractivity contribution in [3.63, 3.8) is 0 Å². The summed E-state index contributed by atoms with van der Waals surface area (Å²) in [5, 5.41) is 0.401. The molecule has 4 nitrogen and oxygen atoms in total. The van der Waals surface area contributed by atoms with Gasteiger partial charge in [0.15, 0.2) is 5.78 Å². The minimum atomic E-state index is -0.215. The molecule has 22 heavy (non-hydrogen) atoms. The van der Waals surface area contributed by atoms with E-state index in [2.05, 4.69) is 4.98 Å². The molecule has 0 aliphatic rings. The number of carbonyl (C=O) groups excluding carboxylic acids is 2. The van der Waals surface area contributed by atoms with E-state index in [9.17, 15) is 9.59 Å². The van der Waals surface area contributed by atoms with E-state index in [4.69, 9.17) is 11.6 Å². The third kappa shape index (κ3) is 3.64. The average Bonchev–Trinajstić information content (AvgIpc) is 3.02. The summed E-state index contributed by atoms with van der Waals surface area (Å²) in [6.45, 7) is 6.02. The highest BCUT2D eigenvalue weighted by Gasteiger charge is 2.17. The molecule has 2 aromatic rings. The summed E-state index contributed by atoms with van der Waals surface area (Å²) < 4.78 is 0. The van der Waals surface area contributed by atoms with Crippen LogP contribution in [0.1, 0.15) is 40.3 Å². The lowest BCUT2D eigenvalue weighted by Gasteiger charge is -2.16. The van der Waals surface area contributed by atoms with Gasteiger partial charge in [0.1, 0.15) is 0 Å². The molecule has 1 heterocycles. The van der Waals surface area contributed by atoms with Crippen molar-refractivity contribution in [1.29, 1.82) is 0 Å². The summed E-state index contributed by atoms with van der Waals surface area (Å²) in [5.74, 6) is -0.217. The van der Waals surface area contributed by atoms with Crippen molar-refractivity contribution in [1.82, 2.24) is 9.88 Å². The van der Waals surface area contributed by atoms with Gasteiger partial charge in [-0.1, -0.05) is 37.6 Å². The highest BCUT2D eigenvalue weighted by atomic mass is 35.5. The minimum absolute atomic E-state index is 0.00170. The van der Waals surface area contributed by atoms with E-state index >= 15 is 0 Å². The van der Waals surface area contributed by atoms with Gasteiger partial charge in [-0.15, -0.1) is 0 Å². The van der Waals surface area contributed by atoms with E-state index in [0.29, 0.717) is 28.4 Å². The van der Waals surface area contributed by atoms with Crippen molar-refractivity contribution in [2.45, 2.75) is 13.8 Å². The van der Waals surface area contributed by atoms with Crippen LogP contribution in [0.15, 0.2) is 36.5 Å². The van der Waals surface area contributed by atoms with Crippen LogP contribution >= 0.6 is 11.6 Å². The normalized spacial score (nSPS) is 10.9. The summed E-state index contributed by atoms with van der Waals surface area (Å²) in [6.07, 6.45) is 1.58. The first kappa shape index (κ1) is 16.5. The van der Waals surface area contributed by atoms with E-state index < -0.39 is 0 Å². The number of Topliss-reactive ketones (excluding diaryl/α,β-unsaturated/α-hetero) is 1. The Morgan fingerprint density at radius 1 is 1.18 bits per heavy atom. The third-order valence-electron chi connectivity index (χ3n) is 3.63. The van der Waals surface area contributed by atoms with Gasteiger partial charge in [-0.2, -0.15) is 0 Å². The van der Waals surface area contributed by atoms with Crippen molar-refractivity contribution in [2.24, 2.45) is 0 Å². The SMILES string of the molecule is CCN(CC)CC(=O)c1c[nH]c(C(=O)c2ccccc2Cl)c1. The van der Waals surface area contributed by atoms with E-state index in [-0.39, 0.29) is 11.6 Å². The topological polar surface area (TPSA) is 53.2 Å². The second-order valence-corrected chi connectivity index (χ2v) is 5.40. The van der Waals surface area contributed by atoms with Gasteiger partial charge in [0.2, 0.25) is 5.78 Å². The van der Waals surface area contributed by atoms with Gasteiger partial charge in [0, 0.05) is 17.3 Å². The Balaban J connectivity index is 2.16. The zero-order chi connectivity index (χ0) is 16.1. The van der Waals surface area contributed by atoms with Gasteiger partial charge >= 0.3 is 0 Å². The van der Waals surface area contributed by atoms with Gasteiger partial charge < -0.3 is 4.98 Å². The number of halogens is 1. The van der Waals surface area contributed by atoms with Crippen molar-refractivity contribution in [3.05, 3.63) is 58.4 Å². The monoisotopic (exact) mass is 318 g/mol. The van der Waals surface area contributed by atoms with Crippen LogP contribution in [0.25, 0.3) is 0 Å². The second kappa shape index (κ2) is 7.38. The fourth-order valence-electron chi connectivity index (χ4n) is 2.22. The predicted octanol–water partition coefficient (Wildman–Crippen LogP) is 3.42. The molecule has 1 N–H and O–H groups in total. The van der Waals surface area contributed by atoms with Crippen molar-refractivity contribution in [2.75, 3.05) is 19.6 Å². The number of carbonyl (C=O) groups is 2. The Morgan fingerprint density at radius 3 is 2.50 bits per heavy atom. The molecule has 0 saturated carbocycles. The lowest BCUT2D eigenvalue weighted by atomic mass is 10.1. The molecule has 0 aliphatic carbocycles. The van der Waals surface area contributed by atoms with Crippen LogP contribution in [0.2, 0.25) is 5.02 Å². The number of nitrogens with zero attached hydrogens (tertiary/aromatic N) is 1. The lowest BCUT2D eigenvalue weighted by molar-refractivity contribution is 0.0937. The van der Waals surface area contributed by atoms with Crippen molar-refractivity contribution in [3.8, 4) is 0 Å². The maximum Gasteiger partial charge on any atom is 0.210 e. The molecule has 0 spiro atoms. The molecule has 5 heteroatoms. The highest BCUT2D eigenvalue weighted by Crippen LogP contribution is 2.19. The molecule has 0 atom stereocenters. The summed E-state index contributed by atoms with van der Waals surface area (Å²) in [5.41, 5.74) is 1.31. The van der Waals surface area contributed by atoms with Gasteiger partial charge in [-0.25, -0.2) is 0 Å². The Kier molecular flexibility index (Phi) is 5.52. The number of likely N-dealkylation sites (N-methyl/N-ethyl adjacent to an activating group) is 1. The summed E-state index contributed by atoms with van der Waals surface area (Å²) >= 11 is 6.04. The molecule has 116 valence electrons. The van der Waals surface area contributed by atoms with Gasteiger partial charge in [-0.05, 0) is 31.3 Å². The Morgan fingerprint density at radius 2 is 1.86 bits per heavy atom. The number of rotatable bonds is 7. The number of hydrogen-bond donors (Lipinski definition) is 1. The fraction of sp³-hybridized carbons (Fsp3) is 0.294. The summed E-state index contributed by atoms with van der Waals surface area (Å²) in [7, 11) is 0. The molecule has 0 saturated heterocycles. The first-order valence-corrected chi connectivity index (χ1v) is 7.67. The van der Waals surface area contributed by atoms with Crippen LogP contribution < -0.4 is 0 Å². The zero-order valence-electron chi connectivity index (χ0n) is 12.7. The number of benzene rings is 1. The van der Waals surface area contributed by atoms with Crippen molar-refractivity contribution < 1.29 is 9.59 Å². The summed E-state index contributed by atoms with van der Waals surface area (Å²) in [4.78, 5) is 29.5. The standard InChI is InChI=1S/C17H19ClN2O2/c1-3-20(4-2)11-16(21)12-9-15(19-10-12)17(22)13-7-5-6-8-14(13)18/h5-10,19H,3-4,11H2,1-2H3. The molecule has 2 rings (SSSR count). The predicted molar refractivity (Wildman–Crippen MR) is 87.8 cm³/mol. The maximum atomic E-state index is 12.4. The molecule has 0 unspecified atom stereocenters. The first-order chi connectivity index (χ1) is 10.6. The van der Waals surface area contributed by atoms with Crippen LogP contribution in [0, 0.1) is 0 Å². The van der Waals surface area contributed by atoms with Gasteiger partial charge in [0.05, 0.1) is 17.3 Å². The van der Waals surface area contributed by atoms with Crippen molar-refractivity contribution >= 4 is 23.2 Å². The molecule has 0 amide bonds. The summed E-state index contributed by atoms with van der Waals surface area (Å²) in [6, 6.07) is 8.46. The van der Waals surface area contributed by atoms with Crippen LogP contribution in [0.5, 0.6) is 0 Å². The van der Waals surface area contributed by atoms with Crippen LogP contribution in [-0.4, -0.2) is 41.1 Å². The van der Waals surface area contributed by atoms with Gasteiger partial charge in [-0.3, -0.25) is 14.5 Å². The molecular weight excluding hydrogens is 300 g/mol. The van der Waals surface area contributed by atoms with E-state index in [1.807, 2.05) is 18.7 Å². The largest absolute Gasteiger partial charge is 0.358 e. The molecular formula is C17H19ClN2O2. The number of hydrogen-bond acceptors (Lipinski definition) is 3. The number of aromatic amines is 1. The number of aromatic nitrogens is 1. The Bertz CT molecular complexity index is 675. The Labute approximate surface area is 135 Å². The minimum Gasteiger partial charge on any atom is -0.358 e. The highest BCUT2D eigenvalue weighted by molar-refractivity contribution is 6.34. The molecule has 1 aromatic carbocycles. The smallest absolute Gasteiger partial charge is 0.210 e. The van der Waals surface area contributed by atoms with Crippen LogP contribution in [0.3, 0.4) is 0 Å². The zero-order valence-corrected chi connectivity index (χ0v) is 13.5. The van der Waals surface area contributed by atoms with Crippen LogP contribution in [-0.2, 0) is 0 Å². The Hall–Kier alpha value is -1.91. The van der Waals surface area contributed by atoms with Gasteiger partial charge in [0.25, 0.3) is 0 Å².